The third kappa shape index (κ3) is 5.93. The minimum Gasteiger partial charge on any atom is -0.496 e. The molecule has 0 aliphatic carbocycles. The summed E-state index contributed by atoms with van der Waals surface area (Å²) in [6.45, 7) is 2.03. The van der Waals surface area contributed by atoms with E-state index in [1.807, 2.05) is 37.4 Å². The molecule has 0 unspecified atom stereocenters. The average Bonchev–Trinajstić information content (AvgIpc) is 2.70. The van der Waals surface area contributed by atoms with E-state index in [1.54, 1.807) is 6.07 Å². The van der Waals surface area contributed by atoms with E-state index in [4.69, 9.17) is 21.7 Å². The summed E-state index contributed by atoms with van der Waals surface area (Å²) in [4.78, 5) is 10.5. The Morgan fingerprint density at radius 3 is 2.59 bits per heavy atom. The summed E-state index contributed by atoms with van der Waals surface area (Å²) < 4.78 is 11.6. The van der Waals surface area contributed by atoms with E-state index in [0.717, 1.165) is 11.3 Å². The first kappa shape index (κ1) is 20.7. The van der Waals surface area contributed by atoms with Crippen LogP contribution >= 0.6 is 24.0 Å². The number of hydrogen-bond donors (Lipinski definition) is 1. The highest BCUT2D eigenvalue weighted by atomic mass is 32.2. The van der Waals surface area contributed by atoms with Crippen molar-refractivity contribution in [1.82, 2.24) is 5.43 Å². The summed E-state index contributed by atoms with van der Waals surface area (Å²) in [6.07, 6.45) is 1.88. The van der Waals surface area contributed by atoms with Crippen LogP contribution in [-0.2, 0) is 6.61 Å². The maximum Gasteiger partial charge on any atom is 0.270 e. The van der Waals surface area contributed by atoms with E-state index < -0.39 is 4.92 Å². The van der Waals surface area contributed by atoms with Crippen LogP contribution in [0.25, 0.3) is 0 Å². The smallest absolute Gasteiger partial charge is 0.270 e. The predicted molar refractivity (Wildman–Crippen MR) is 112 cm³/mol. The third-order valence-electron chi connectivity index (χ3n) is 3.64. The van der Waals surface area contributed by atoms with Crippen molar-refractivity contribution >= 4 is 39.7 Å². The number of nitrogens with one attached hydrogen (secondary N) is 1. The maximum atomic E-state index is 10.9. The molecule has 0 heterocycles. The molecule has 1 N–H and O–H groups in total. The van der Waals surface area contributed by atoms with Gasteiger partial charge in [0.2, 0.25) is 0 Å². The molecule has 0 aromatic heterocycles. The second-order valence-electron chi connectivity index (χ2n) is 5.37. The Morgan fingerprint density at radius 2 is 2.00 bits per heavy atom. The minimum absolute atomic E-state index is 0.00718. The molecule has 0 aliphatic rings. The minimum atomic E-state index is -0.448. The van der Waals surface area contributed by atoms with E-state index in [0.29, 0.717) is 21.4 Å². The molecule has 142 valence electrons. The number of nitro groups is 1. The molecule has 2 aromatic carbocycles. The van der Waals surface area contributed by atoms with Gasteiger partial charge in [-0.25, -0.2) is 0 Å². The van der Waals surface area contributed by atoms with Gasteiger partial charge in [-0.1, -0.05) is 24.0 Å². The number of rotatable bonds is 7. The summed E-state index contributed by atoms with van der Waals surface area (Å²) in [5.41, 5.74) is 5.11. The molecule has 0 radical (unpaired) electrons. The Bertz CT molecular complexity index is 854. The zero-order valence-corrected chi connectivity index (χ0v) is 16.7. The fourth-order valence-electron chi connectivity index (χ4n) is 2.18. The van der Waals surface area contributed by atoms with E-state index >= 15 is 0 Å². The van der Waals surface area contributed by atoms with Crippen LogP contribution in [0.4, 0.5) is 5.69 Å². The lowest BCUT2D eigenvalue weighted by molar-refractivity contribution is -0.385. The van der Waals surface area contributed by atoms with Crippen LogP contribution in [0.3, 0.4) is 0 Å². The number of thiocarbonyl (C=S) groups is 1. The molecule has 0 saturated heterocycles. The molecule has 2 rings (SSSR count). The largest absolute Gasteiger partial charge is 0.496 e. The monoisotopic (exact) mass is 405 g/mol. The lowest BCUT2D eigenvalue weighted by Crippen LogP contribution is -2.13. The molecule has 0 saturated carbocycles. The number of hydrazone groups is 1. The molecule has 0 amide bonds. The Labute approximate surface area is 166 Å². The number of benzene rings is 2. The van der Waals surface area contributed by atoms with Crippen molar-refractivity contribution in [2.75, 3.05) is 13.4 Å². The molecule has 0 atom stereocenters. The summed E-state index contributed by atoms with van der Waals surface area (Å²) in [5.74, 6) is 1.17. The summed E-state index contributed by atoms with van der Waals surface area (Å²) in [7, 11) is 1.51. The predicted octanol–water partition coefficient (Wildman–Crippen LogP) is 4.14. The van der Waals surface area contributed by atoms with Gasteiger partial charge in [-0.05, 0) is 49.1 Å². The van der Waals surface area contributed by atoms with Crippen molar-refractivity contribution in [2.24, 2.45) is 5.10 Å². The highest BCUT2D eigenvalue weighted by Crippen LogP contribution is 2.25. The first-order chi connectivity index (χ1) is 12.9. The first-order valence-corrected chi connectivity index (χ1v) is 9.50. The highest BCUT2D eigenvalue weighted by molar-refractivity contribution is 8.22. The van der Waals surface area contributed by atoms with E-state index in [2.05, 4.69) is 10.5 Å². The number of ether oxygens (including phenoxy) is 2. The SMILES string of the molecule is COc1ccc([N+](=O)[O-])cc1COc1ccc(/C(C)=N/NC(=S)SC)cc1. The molecular weight excluding hydrogens is 386 g/mol. The molecule has 9 heteroatoms. The molecule has 0 bridgehead atoms. The zero-order valence-electron chi connectivity index (χ0n) is 15.1. The van der Waals surface area contributed by atoms with Gasteiger partial charge >= 0.3 is 0 Å². The number of nitrogens with zero attached hydrogens (tertiary/aromatic N) is 2. The lowest BCUT2D eigenvalue weighted by Gasteiger charge is -2.11. The summed E-state index contributed by atoms with van der Waals surface area (Å²) >= 11 is 6.46. The Kier molecular flexibility index (Phi) is 7.56. The summed E-state index contributed by atoms with van der Waals surface area (Å²) in [6, 6.07) is 11.8. The van der Waals surface area contributed by atoms with Crippen LogP contribution in [-0.4, -0.2) is 28.3 Å². The van der Waals surface area contributed by atoms with Crippen LogP contribution in [0.2, 0.25) is 0 Å². The summed E-state index contributed by atoms with van der Waals surface area (Å²) in [5, 5.41) is 15.2. The average molecular weight is 406 g/mol. The molecule has 0 spiro atoms. The van der Waals surface area contributed by atoms with Gasteiger partial charge in [0, 0.05) is 17.7 Å². The molecule has 27 heavy (non-hydrogen) atoms. The molecular formula is C18H19N3O4S2. The first-order valence-electron chi connectivity index (χ1n) is 7.87. The van der Waals surface area contributed by atoms with Gasteiger partial charge < -0.3 is 9.47 Å². The third-order valence-corrected chi connectivity index (χ3v) is 4.69. The van der Waals surface area contributed by atoms with E-state index in [9.17, 15) is 10.1 Å². The van der Waals surface area contributed by atoms with Gasteiger partial charge in [0.25, 0.3) is 5.69 Å². The fourth-order valence-corrected chi connectivity index (χ4v) is 2.37. The van der Waals surface area contributed by atoms with Crippen LogP contribution in [0.5, 0.6) is 11.5 Å². The van der Waals surface area contributed by atoms with Gasteiger partial charge in [0.1, 0.15) is 18.1 Å². The van der Waals surface area contributed by atoms with Gasteiger partial charge in [0.05, 0.1) is 17.7 Å². The van der Waals surface area contributed by atoms with E-state index in [1.165, 1.54) is 31.0 Å². The van der Waals surface area contributed by atoms with Crippen molar-refractivity contribution < 1.29 is 14.4 Å². The Morgan fingerprint density at radius 1 is 1.30 bits per heavy atom. The topological polar surface area (TPSA) is 86.0 Å². The molecule has 0 aliphatic heterocycles. The molecule has 7 nitrogen and oxygen atoms in total. The maximum absolute atomic E-state index is 10.9. The number of methoxy groups -OCH3 is 1. The lowest BCUT2D eigenvalue weighted by atomic mass is 10.1. The van der Waals surface area contributed by atoms with Crippen molar-refractivity contribution in [2.45, 2.75) is 13.5 Å². The fraction of sp³-hybridized carbons (Fsp3) is 0.222. The standard InChI is InChI=1S/C18H19N3O4S2/c1-12(19-20-18(26)27-3)13-4-7-16(8-5-13)25-11-14-10-15(21(22)23)6-9-17(14)24-2/h4-10H,11H2,1-3H3,(H,20,26)/b19-12+. The van der Waals surface area contributed by atoms with Crippen LogP contribution in [0, 0.1) is 10.1 Å². The number of thioether (sulfide) groups is 1. The quantitative estimate of drug-likeness (QED) is 0.321. The van der Waals surface area contributed by atoms with Gasteiger partial charge in [0.15, 0.2) is 4.32 Å². The van der Waals surface area contributed by atoms with E-state index in [-0.39, 0.29) is 12.3 Å². The van der Waals surface area contributed by atoms with Crippen molar-refractivity contribution in [3.8, 4) is 11.5 Å². The Hall–Kier alpha value is -2.65. The number of nitro benzene ring substituents is 1. The van der Waals surface area contributed by atoms with Crippen LogP contribution < -0.4 is 14.9 Å². The Balaban J connectivity index is 2.06. The van der Waals surface area contributed by atoms with Crippen molar-refractivity contribution in [3.05, 3.63) is 63.7 Å². The van der Waals surface area contributed by atoms with Crippen molar-refractivity contribution in [3.63, 3.8) is 0 Å². The zero-order chi connectivity index (χ0) is 19.8. The molecule has 0 fully saturated rings. The van der Waals surface area contributed by atoms with Crippen molar-refractivity contribution in [1.29, 1.82) is 0 Å². The van der Waals surface area contributed by atoms with Crippen LogP contribution in [0.15, 0.2) is 47.6 Å². The second kappa shape index (κ2) is 9.89. The normalized spacial score (nSPS) is 11.0. The number of hydrogen-bond acceptors (Lipinski definition) is 7. The van der Waals surface area contributed by atoms with Gasteiger partial charge in [-0.3, -0.25) is 15.5 Å². The van der Waals surface area contributed by atoms with Crippen LogP contribution in [0.1, 0.15) is 18.1 Å². The highest BCUT2D eigenvalue weighted by Gasteiger charge is 2.12. The van der Waals surface area contributed by atoms with Gasteiger partial charge in [-0.15, -0.1) is 0 Å². The number of non-ortho nitro benzene ring substituents is 1. The van der Waals surface area contributed by atoms with Gasteiger partial charge in [-0.2, -0.15) is 5.10 Å². The second-order valence-corrected chi connectivity index (χ2v) is 6.85. The molecule has 2 aromatic rings.